The highest BCUT2D eigenvalue weighted by atomic mass is 35.5. The van der Waals surface area contributed by atoms with Gasteiger partial charge in [-0.3, -0.25) is 4.79 Å². The van der Waals surface area contributed by atoms with Crippen LogP contribution in [0.5, 0.6) is 0 Å². The summed E-state index contributed by atoms with van der Waals surface area (Å²) < 4.78 is 0. The monoisotopic (exact) mass is 328 g/mol. The van der Waals surface area contributed by atoms with Gasteiger partial charge in [0.2, 0.25) is 5.91 Å². The summed E-state index contributed by atoms with van der Waals surface area (Å²) in [6, 6.07) is 5.35. The Kier molecular flexibility index (Phi) is 7.23. The Labute approximate surface area is 136 Å². The summed E-state index contributed by atoms with van der Waals surface area (Å²) >= 11 is 12.1. The highest BCUT2D eigenvalue weighted by molar-refractivity contribution is 6.35. The summed E-state index contributed by atoms with van der Waals surface area (Å²) in [7, 11) is 0. The van der Waals surface area contributed by atoms with E-state index in [1.54, 1.807) is 17.0 Å². The van der Waals surface area contributed by atoms with Crippen molar-refractivity contribution in [3.05, 3.63) is 46.0 Å². The average molecular weight is 329 g/mol. The molecule has 1 amide bonds. The van der Waals surface area contributed by atoms with Gasteiger partial charge in [0.15, 0.2) is 0 Å². The van der Waals surface area contributed by atoms with Crippen molar-refractivity contribution < 1.29 is 4.79 Å². The number of hydrogen-bond acceptors (Lipinski definition) is 2. The largest absolute Gasteiger partial charge is 0.338 e. The van der Waals surface area contributed by atoms with Crippen LogP contribution in [0.15, 0.2) is 30.4 Å². The number of carbonyl (C=O) groups excluding carboxylic acids is 1. The Morgan fingerprint density at radius 2 is 2.10 bits per heavy atom. The maximum atomic E-state index is 12.2. The fraction of sp³-hybridized carbons (Fsp3) is 0.438. The van der Waals surface area contributed by atoms with Crippen LogP contribution in [0.4, 0.5) is 0 Å². The normalized spacial score (nSPS) is 12.0. The first-order valence-electron chi connectivity index (χ1n) is 6.95. The van der Waals surface area contributed by atoms with Crippen molar-refractivity contribution in [2.24, 2.45) is 0 Å². The first-order chi connectivity index (χ1) is 9.85. The summed E-state index contributed by atoms with van der Waals surface area (Å²) in [5, 5.41) is 4.40. The van der Waals surface area contributed by atoms with Crippen LogP contribution in [0.1, 0.15) is 32.4 Å². The van der Waals surface area contributed by atoms with Gasteiger partial charge in [0, 0.05) is 29.2 Å². The van der Waals surface area contributed by atoms with E-state index in [1.165, 1.54) is 0 Å². The minimum Gasteiger partial charge on any atom is -0.338 e. The van der Waals surface area contributed by atoms with E-state index >= 15 is 0 Å². The molecule has 0 aliphatic carbocycles. The molecule has 21 heavy (non-hydrogen) atoms. The average Bonchev–Trinajstić information content (AvgIpc) is 2.41. The first-order valence-corrected chi connectivity index (χ1v) is 7.71. The topological polar surface area (TPSA) is 32.3 Å². The molecule has 0 aliphatic rings. The van der Waals surface area contributed by atoms with E-state index in [0.717, 1.165) is 11.1 Å². The Morgan fingerprint density at radius 1 is 1.43 bits per heavy atom. The van der Waals surface area contributed by atoms with Gasteiger partial charge in [0.25, 0.3) is 0 Å². The molecule has 0 radical (unpaired) electrons. The lowest BCUT2D eigenvalue weighted by Gasteiger charge is -2.23. The third-order valence-corrected chi connectivity index (χ3v) is 3.75. The maximum absolute atomic E-state index is 12.2. The molecular formula is C16H22Cl2N2O. The van der Waals surface area contributed by atoms with Gasteiger partial charge in [-0.05, 0) is 38.5 Å². The van der Waals surface area contributed by atoms with E-state index in [9.17, 15) is 4.79 Å². The number of likely N-dealkylation sites (N-methyl/N-ethyl adjacent to an activating group) is 1. The smallest absolute Gasteiger partial charge is 0.236 e. The van der Waals surface area contributed by atoms with Crippen molar-refractivity contribution >= 4 is 29.1 Å². The molecule has 3 nitrogen and oxygen atoms in total. The molecule has 1 aromatic rings. The van der Waals surface area contributed by atoms with Crippen LogP contribution in [-0.2, 0) is 4.79 Å². The second-order valence-corrected chi connectivity index (χ2v) is 5.98. The van der Waals surface area contributed by atoms with Crippen molar-refractivity contribution in [1.82, 2.24) is 10.2 Å². The number of nitrogens with one attached hydrogen (secondary N) is 1. The number of rotatable bonds is 7. The summed E-state index contributed by atoms with van der Waals surface area (Å²) in [6.07, 6.45) is 0. The zero-order chi connectivity index (χ0) is 16.0. The summed E-state index contributed by atoms with van der Waals surface area (Å²) in [4.78, 5) is 13.9. The van der Waals surface area contributed by atoms with Gasteiger partial charge in [-0.15, -0.1) is 0 Å². The second-order valence-electron chi connectivity index (χ2n) is 5.13. The van der Waals surface area contributed by atoms with E-state index < -0.39 is 0 Å². The second kappa shape index (κ2) is 8.42. The van der Waals surface area contributed by atoms with E-state index in [-0.39, 0.29) is 18.5 Å². The number of hydrogen-bond donors (Lipinski definition) is 1. The number of carbonyl (C=O) groups is 1. The number of amides is 1. The van der Waals surface area contributed by atoms with Crippen molar-refractivity contribution in [2.75, 3.05) is 19.6 Å². The van der Waals surface area contributed by atoms with Crippen molar-refractivity contribution in [3.63, 3.8) is 0 Å². The van der Waals surface area contributed by atoms with Gasteiger partial charge < -0.3 is 10.2 Å². The minimum absolute atomic E-state index is 0.0257. The van der Waals surface area contributed by atoms with Crippen LogP contribution in [0, 0.1) is 0 Å². The van der Waals surface area contributed by atoms with Crippen LogP contribution in [0.3, 0.4) is 0 Å². The summed E-state index contributed by atoms with van der Waals surface area (Å²) in [6.45, 7) is 11.2. The summed E-state index contributed by atoms with van der Waals surface area (Å²) in [5.74, 6) is 0.0532. The van der Waals surface area contributed by atoms with Gasteiger partial charge in [-0.1, -0.05) is 41.4 Å². The molecule has 0 aromatic heterocycles. The van der Waals surface area contributed by atoms with E-state index in [4.69, 9.17) is 23.2 Å². The molecule has 0 saturated carbocycles. The number of halogens is 2. The van der Waals surface area contributed by atoms with Gasteiger partial charge >= 0.3 is 0 Å². The fourth-order valence-corrected chi connectivity index (χ4v) is 2.59. The Morgan fingerprint density at radius 3 is 2.62 bits per heavy atom. The number of nitrogens with zero attached hydrogens (tertiary/aromatic N) is 1. The highest BCUT2D eigenvalue weighted by Gasteiger charge is 2.15. The molecule has 0 spiro atoms. The van der Waals surface area contributed by atoms with Crippen LogP contribution in [0.2, 0.25) is 10.0 Å². The predicted octanol–water partition coefficient (Wildman–Crippen LogP) is 4.07. The summed E-state index contributed by atoms with van der Waals surface area (Å²) in [5.41, 5.74) is 1.90. The predicted molar refractivity (Wildman–Crippen MR) is 89.9 cm³/mol. The minimum atomic E-state index is -0.0257. The van der Waals surface area contributed by atoms with E-state index in [1.807, 2.05) is 26.8 Å². The lowest BCUT2D eigenvalue weighted by atomic mass is 10.1. The molecule has 0 fully saturated rings. The Balaban J connectivity index is 2.61. The molecule has 0 saturated heterocycles. The fourth-order valence-electron chi connectivity index (χ4n) is 2.02. The van der Waals surface area contributed by atoms with Crippen LogP contribution < -0.4 is 5.32 Å². The van der Waals surface area contributed by atoms with Gasteiger partial charge in [0.05, 0.1) is 6.54 Å². The molecular weight excluding hydrogens is 307 g/mol. The van der Waals surface area contributed by atoms with Crippen LogP contribution >= 0.6 is 23.2 Å². The molecule has 5 heteroatoms. The Bertz CT molecular complexity index is 517. The lowest BCUT2D eigenvalue weighted by molar-refractivity contribution is -0.129. The molecule has 1 aromatic carbocycles. The van der Waals surface area contributed by atoms with E-state index in [2.05, 4.69) is 11.9 Å². The molecule has 0 aliphatic heterocycles. The quantitative estimate of drug-likeness (QED) is 0.765. The van der Waals surface area contributed by atoms with Crippen LogP contribution in [-0.4, -0.2) is 30.4 Å². The lowest BCUT2D eigenvalue weighted by Crippen LogP contribution is -2.39. The molecule has 116 valence electrons. The Hall–Kier alpha value is -1.03. The first kappa shape index (κ1) is 18.0. The molecule has 1 rings (SSSR count). The van der Waals surface area contributed by atoms with Crippen molar-refractivity contribution in [1.29, 1.82) is 0 Å². The zero-order valence-corrected chi connectivity index (χ0v) is 14.3. The third kappa shape index (κ3) is 5.70. The zero-order valence-electron chi connectivity index (χ0n) is 12.7. The van der Waals surface area contributed by atoms with Crippen molar-refractivity contribution in [3.8, 4) is 0 Å². The highest BCUT2D eigenvalue weighted by Crippen LogP contribution is 2.25. The van der Waals surface area contributed by atoms with Gasteiger partial charge in [-0.2, -0.15) is 0 Å². The number of benzene rings is 1. The van der Waals surface area contributed by atoms with Crippen molar-refractivity contribution in [2.45, 2.75) is 26.8 Å². The van der Waals surface area contributed by atoms with Crippen LogP contribution in [0.25, 0.3) is 0 Å². The van der Waals surface area contributed by atoms with Gasteiger partial charge in [-0.25, -0.2) is 0 Å². The molecule has 0 unspecified atom stereocenters. The molecule has 0 bridgehead atoms. The molecule has 0 heterocycles. The molecule has 1 N–H and O–H groups in total. The SMILES string of the molecule is C=C(C)CN(CC)C(=O)CN[C@H](C)c1ccc(Cl)cc1Cl. The van der Waals surface area contributed by atoms with Gasteiger partial charge in [0.1, 0.15) is 0 Å². The standard InChI is InChI=1S/C16H22Cl2N2O/c1-5-20(10-11(2)3)16(21)9-19-12(4)14-7-6-13(17)8-15(14)18/h6-8,12,19H,2,5,9-10H2,1,3-4H3/t12-/m1/s1. The molecule has 1 atom stereocenters. The maximum Gasteiger partial charge on any atom is 0.236 e. The van der Waals surface area contributed by atoms with E-state index in [0.29, 0.717) is 23.1 Å². The third-order valence-electron chi connectivity index (χ3n) is 3.18.